The number of rotatable bonds is 2. The minimum atomic E-state index is 0.0153. The monoisotopic (exact) mass is 168 g/mol. The molecule has 1 rings (SSSR count). The summed E-state index contributed by atoms with van der Waals surface area (Å²) in [4.78, 5) is 0. The molecule has 0 unspecified atom stereocenters. The van der Waals surface area contributed by atoms with E-state index >= 15 is 0 Å². The quantitative estimate of drug-likeness (QED) is 0.706. The molecule has 0 heterocycles. The van der Waals surface area contributed by atoms with Gasteiger partial charge in [0.2, 0.25) is 0 Å². The molecule has 0 spiro atoms. The molecule has 0 aliphatic heterocycles. The van der Waals surface area contributed by atoms with E-state index in [1.165, 1.54) is 19.2 Å². The van der Waals surface area contributed by atoms with Crippen LogP contribution in [-0.2, 0) is 6.42 Å². The Morgan fingerprint density at radius 1 is 1.33 bits per heavy atom. The predicted molar refractivity (Wildman–Crippen MR) is 45.7 cm³/mol. The molecule has 0 atom stereocenters. The van der Waals surface area contributed by atoms with Crippen LogP contribution in [0.5, 0.6) is 17.2 Å². The molecule has 0 aliphatic rings. The van der Waals surface area contributed by atoms with Gasteiger partial charge >= 0.3 is 0 Å². The first kappa shape index (κ1) is 8.71. The molecule has 0 radical (unpaired) electrons. The average molecular weight is 168 g/mol. The van der Waals surface area contributed by atoms with Crippen LogP contribution in [0.15, 0.2) is 12.1 Å². The van der Waals surface area contributed by atoms with Crippen LogP contribution < -0.4 is 4.74 Å². The molecule has 0 bridgehead atoms. The highest BCUT2D eigenvalue weighted by Gasteiger charge is 2.07. The van der Waals surface area contributed by atoms with Gasteiger partial charge in [-0.1, -0.05) is 6.92 Å². The van der Waals surface area contributed by atoms with Gasteiger partial charge in [0.05, 0.1) is 7.11 Å². The maximum atomic E-state index is 9.36. The minimum absolute atomic E-state index is 0.0153. The zero-order valence-electron chi connectivity index (χ0n) is 7.16. The number of hydrogen-bond acceptors (Lipinski definition) is 3. The largest absolute Gasteiger partial charge is 0.508 e. The van der Waals surface area contributed by atoms with E-state index in [-0.39, 0.29) is 11.5 Å². The van der Waals surface area contributed by atoms with Gasteiger partial charge in [0.1, 0.15) is 17.2 Å². The Bertz CT molecular complexity index is 281. The third kappa shape index (κ3) is 1.44. The standard InChI is InChI=1S/C9H12O3/c1-3-7-8(11)4-6(10)5-9(7)12-2/h4-5,10-11H,3H2,1-2H3. The molecule has 0 amide bonds. The first-order valence-electron chi connectivity index (χ1n) is 3.77. The van der Waals surface area contributed by atoms with E-state index < -0.39 is 0 Å². The number of benzene rings is 1. The summed E-state index contributed by atoms with van der Waals surface area (Å²) < 4.78 is 4.98. The highest BCUT2D eigenvalue weighted by atomic mass is 16.5. The van der Waals surface area contributed by atoms with Gasteiger partial charge in [-0.3, -0.25) is 0 Å². The molecule has 1 aromatic rings. The Morgan fingerprint density at radius 3 is 2.50 bits per heavy atom. The van der Waals surface area contributed by atoms with Gasteiger partial charge in [0.15, 0.2) is 0 Å². The van der Waals surface area contributed by atoms with Crippen molar-refractivity contribution >= 4 is 0 Å². The summed E-state index contributed by atoms with van der Waals surface area (Å²) in [5, 5.41) is 18.5. The third-order valence-electron chi connectivity index (χ3n) is 1.74. The number of phenols is 2. The SMILES string of the molecule is CCc1c(O)cc(O)cc1OC. The molecule has 0 saturated heterocycles. The van der Waals surface area contributed by atoms with Crippen molar-refractivity contribution in [3.8, 4) is 17.2 Å². The smallest absolute Gasteiger partial charge is 0.129 e. The Morgan fingerprint density at radius 2 is 2.00 bits per heavy atom. The molecule has 66 valence electrons. The predicted octanol–water partition coefficient (Wildman–Crippen LogP) is 1.67. The lowest BCUT2D eigenvalue weighted by atomic mass is 10.1. The highest BCUT2D eigenvalue weighted by Crippen LogP contribution is 2.32. The lowest BCUT2D eigenvalue weighted by Crippen LogP contribution is -1.90. The van der Waals surface area contributed by atoms with Crippen LogP contribution in [-0.4, -0.2) is 17.3 Å². The number of phenolic OH excluding ortho intramolecular Hbond substituents is 2. The number of methoxy groups -OCH3 is 1. The van der Waals surface area contributed by atoms with Gasteiger partial charge < -0.3 is 14.9 Å². The van der Waals surface area contributed by atoms with Gasteiger partial charge in [-0.05, 0) is 6.42 Å². The molecule has 0 fully saturated rings. The zero-order chi connectivity index (χ0) is 9.14. The number of ether oxygens (including phenoxy) is 1. The second kappa shape index (κ2) is 3.34. The second-order valence-electron chi connectivity index (χ2n) is 2.50. The maximum Gasteiger partial charge on any atom is 0.129 e. The summed E-state index contributed by atoms with van der Waals surface area (Å²) in [7, 11) is 1.51. The van der Waals surface area contributed by atoms with Gasteiger partial charge in [0.25, 0.3) is 0 Å². The van der Waals surface area contributed by atoms with Crippen molar-refractivity contribution in [2.24, 2.45) is 0 Å². The first-order valence-corrected chi connectivity index (χ1v) is 3.77. The summed E-state index contributed by atoms with van der Waals surface area (Å²) in [6, 6.07) is 2.79. The van der Waals surface area contributed by atoms with Crippen molar-refractivity contribution in [3.63, 3.8) is 0 Å². The molecular formula is C9H12O3. The summed E-state index contributed by atoms with van der Waals surface area (Å²) in [5.41, 5.74) is 0.718. The molecule has 3 heteroatoms. The van der Waals surface area contributed by atoms with Crippen LogP contribution in [0.25, 0.3) is 0 Å². The van der Waals surface area contributed by atoms with Gasteiger partial charge in [0, 0.05) is 17.7 Å². The van der Waals surface area contributed by atoms with Crippen LogP contribution in [0.4, 0.5) is 0 Å². The molecule has 12 heavy (non-hydrogen) atoms. The van der Waals surface area contributed by atoms with Crippen LogP contribution in [0, 0.1) is 0 Å². The Hall–Kier alpha value is -1.38. The van der Waals surface area contributed by atoms with Crippen molar-refractivity contribution in [2.75, 3.05) is 7.11 Å². The fourth-order valence-electron chi connectivity index (χ4n) is 1.15. The molecule has 2 N–H and O–H groups in total. The van der Waals surface area contributed by atoms with E-state index in [1.807, 2.05) is 6.92 Å². The van der Waals surface area contributed by atoms with Crippen molar-refractivity contribution in [1.82, 2.24) is 0 Å². The average Bonchev–Trinajstić information content (AvgIpc) is 2.03. The normalized spacial score (nSPS) is 9.83. The topological polar surface area (TPSA) is 49.7 Å². The van der Waals surface area contributed by atoms with Gasteiger partial charge in [-0.25, -0.2) is 0 Å². The Labute approximate surface area is 71.2 Å². The number of hydrogen-bond donors (Lipinski definition) is 2. The second-order valence-corrected chi connectivity index (χ2v) is 2.50. The summed E-state index contributed by atoms with van der Waals surface area (Å²) in [6.45, 7) is 1.91. The summed E-state index contributed by atoms with van der Waals surface area (Å²) in [5.74, 6) is 0.617. The Kier molecular flexibility index (Phi) is 2.43. The summed E-state index contributed by atoms with van der Waals surface area (Å²) in [6.07, 6.45) is 0.676. The molecule has 0 aliphatic carbocycles. The van der Waals surface area contributed by atoms with Crippen LogP contribution in [0.2, 0.25) is 0 Å². The first-order chi connectivity index (χ1) is 5.69. The zero-order valence-corrected chi connectivity index (χ0v) is 7.16. The molecule has 0 aromatic heterocycles. The van der Waals surface area contributed by atoms with E-state index in [9.17, 15) is 5.11 Å². The van der Waals surface area contributed by atoms with Crippen molar-refractivity contribution in [2.45, 2.75) is 13.3 Å². The third-order valence-corrected chi connectivity index (χ3v) is 1.74. The Balaban J connectivity index is 3.24. The van der Waals surface area contributed by atoms with E-state index in [2.05, 4.69) is 0 Å². The molecule has 0 saturated carbocycles. The van der Waals surface area contributed by atoms with Crippen molar-refractivity contribution in [1.29, 1.82) is 0 Å². The molecule has 3 nitrogen and oxygen atoms in total. The van der Waals surface area contributed by atoms with Crippen molar-refractivity contribution in [3.05, 3.63) is 17.7 Å². The summed E-state index contributed by atoms with van der Waals surface area (Å²) >= 11 is 0. The highest BCUT2D eigenvalue weighted by molar-refractivity contribution is 5.49. The minimum Gasteiger partial charge on any atom is -0.508 e. The van der Waals surface area contributed by atoms with Gasteiger partial charge in [-0.15, -0.1) is 0 Å². The van der Waals surface area contributed by atoms with Gasteiger partial charge in [-0.2, -0.15) is 0 Å². The lowest BCUT2D eigenvalue weighted by molar-refractivity contribution is 0.391. The van der Waals surface area contributed by atoms with E-state index in [0.29, 0.717) is 12.2 Å². The van der Waals surface area contributed by atoms with Crippen LogP contribution >= 0.6 is 0 Å². The number of aromatic hydroxyl groups is 2. The van der Waals surface area contributed by atoms with Crippen LogP contribution in [0.3, 0.4) is 0 Å². The van der Waals surface area contributed by atoms with E-state index in [0.717, 1.165) is 5.56 Å². The van der Waals surface area contributed by atoms with E-state index in [1.54, 1.807) is 0 Å². The maximum absolute atomic E-state index is 9.36. The van der Waals surface area contributed by atoms with Crippen molar-refractivity contribution < 1.29 is 14.9 Å². The molecule has 1 aromatic carbocycles. The van der Waals surface area contributed by atoms with Crippen LogP contribution in [0.1, 0.15) is 12.5 Å². The van der Waals surface area contributed by atoms with E-state index in [4.69, 9.17) is 9.84 Å². The fourth-order valence-corrected chi connectivity index (χ4v) is 1.15. The molecular weight excluding hydrogens is 156 g/mol. The lowest BCUT2D eigenvalue weighted by Gasteiger charge is -2.08. The fraction of sp³-hybridized carbons (Fsp3) is 0.333.